The Morgan fingerprint density at radius 3 is 2.48 bits per heavy atom. The van der Waals surface area contributed by atoms with Gasteiger partial charge in [0.15, 0.2) is 0 Å². The van der Waals surface area contributed by atoms with E-state index in [-0.39, 0.29) is 17.4 Å². The van der Waals surface area contributed by atoms with E-state index < -0.39 is 5.97 Å². The van der Waals surface area contributed by atoms with Gasteiger partial charge in [-0.1, -0.05) is 37.6 Å². The molecule has 0 aliphatic carbocycles. The van der Waals surface area contributed by atoms with E-state index in [1.807, 2.05) is 41.3 Å². The summed E-state index contributed by atoms with van der Waals surface area (Å²) in [5, 5.41) is 9.28. The molecule has 4 rings (SSSR count). The molecule has 29 heavy (non-hydrogen) atoms. The molecule has 1 N–H and O–H groups in total. The lowest BCUT2D eigenvalue weighted by atomic mass is 9.84. The van der Waals surface area contributed by atoms with Crippen LogP contribution in [0.1, 0.15) is 29.8 Å². The normalized spacial score (nSPS) is 19.6. The molecule has 0 spiro atoms. The predicted molar refractivity (Wildman–Crippen MR) is 111 cm³/mol. The summed E-state index contributed by atoms with van der Waals surface area (Å²) in [6.45, 7) is 5.88. The second-order valence-electron chi connectivity index (χ2n) is 8.41. The number of carboxylic acids is 1. The molecular formula is C23H22ClNO4. The zero-order valence-electron chi connectivity index (χ0n) is 16.3. The minimum atomic E-state index is -1.01. The average molecular weight is 412 g/mol. The Morgan fingerprint density at radius 1 is 1.17 bits per heavy atom. The van der Waals surface area contributed by atoms with Crippen LogP contribution in [0.5, 0.6) is 5.75 Å². The van der Waals surface area contributed by atoms with Crippen molar-refractivity contribution >= 4 is 23.5 Å². The van der Waals surface area contributed by atoms with Crippen LogP contribution in [-0.4, -0.2) is 41.1 Å². The molecular weight excluding hydrogens is 390 g/mol. The van der Waals surface area contributed by atoms with E-state index in [0.717, 1.165) is 35.9 Å². The Bertz CT molecular complexity index is 1000. The monoisotopic (exact) mass is 411 g/mol. The second kappa shape index (κ2) is 7.23. The highest BCUT2D eigenvalue weighted by molar-refractivity contribution is 6.32. The Labute approximate surface area is 174 Å². The third-order valence-electron chi connectivity index (χ3n) is 5.25. The maximum atomic E-state index is 12.6. The molecule has 0 bridgehead atoms. The number of likely N-dealkylation sites (tertiary alicyclic amines) is 1. The van der Waals surface area contributed by atoms with Gasteiger partial charge in [0.05, 0.1) is 5.02 Å². The molecule has 1 saturated heterocycles. The molecule has 0 saturated carbocycles. The molecule has 5 nitrogen and oxygen atoms in total. The van der Waals surface area contributed by atoms with Crippen molar-refractivity contribution in [1.82, 2.24) is 4.90 Å². The Hall–Kier alpha value is -2.79. The number of nitrogens with zero attached hydrogens (tertiary/aromatic N) is 1. The zero-order chi connectivity index (χ0) is 20.8. The Kier molecular flexibility index (Phi) is 4.87. The van der Waals surface area contributed by atoms with Crippen molar-refractivity contribution in [1.29, 1.82) is 0 Å². The van der Waals surface area contributed by atoms with Crippen molar-refractivity contribution in [3.8, 4) is 16.9 Å². The number of halogens is 1. The van der Waals surface area contributed by atoms with E-state index in [9.17, 15) is 9.59 Å². The number of carbonyl (C=O) groups is 2. The molecule has 2 aliphatic rings. The molecule has 0 radical (unpaired) electrons. The van der Waals surface area contributed by atoms with Gasteiger partial charge in [-0.2, -0.15) is 0 Å². The number of carboxylic acid groups (broad SMARTS) is 1. The number of ether oxygens (including phenoxy) is 1. The predicted octanol–water partition coefficient (Wildman–Crippen LogP) is 4.43. The van der Waals surface area contributed by atoms with Gasteiger partial charge in [0.1, 0.15) is 11.9 Å². The summed E-state index contributed by atoms with van der Waals surface area (Å²) < 4.78 is 5.76. The first-order valence-corrected chi connectivity index (χ1v) is 9.90. The molecule has 1 fully saturated rings. The number of carbonyl (C=O) groups excluding carboxylic acids is 1. The van der Waals surface area contributed by atoms with Gasteiger partial charge in [-0.05, 0) is 46.9 Å². The van der Waals surface area contributed by atoms with E-state index >= 15 is 0 Å². The summed E-state index contributed by atoms with van der Waals surface area (Å²) in [5.41, 5.74) is 3.72. The summed E-state index contributed by atoms with van der Waals surface area (Å²) in [4.78, 5) is 25.1. The van der Waals surface area contributed by atoms with Crippen molar-refractivity contribution in [2.75, 3.05) is 13.1 Å². The SMILES string of the molecule is CC1(C)CN(C(=O)c2ccc(-c3cc(Cl)c4c(c3)CC(C=CC(=O)O)O4)cc2)C1. The summed E-state index contributed by atoms with van der Waals surface area (Å²) >= 11 is 6.40. The first kappa shape index (κ1) is 19.5. The zero-order valence-corrected chi connectivity index (χ0v) is 17.1. The van der Waals surface area contributed by atoms with Crippen LogP contribution in [0.15, 0.2) is 48.6 Å². The molecule has 2 aliphatic heterocycles. The topological polar surface area (TPSA) is 66.8 Å². The summed E-state index contributed by atoms with van der Waals surface area (Å²) in [6.07, 6.45) is 2.83. The molecule has 150 valence electrons. The number of benzene rings is 2. The number of hydrogen-bond acceptors (Lipinski definition) is 3. The number of aliphatic carboxylic acids is 1. The first-order chi connectivity index (χ1) is 13.7. The fourth-order valence-corrected chi connectivity index (χ4v) is 4.21. The lowest BCUT2D eigenvalue weighted by Crippen LogP contribution is -2.55. The van der Waals surface area contributed by atoms with Crippen molar-refractivity contribution in [2.24, 2.45) is 5.41 Å². The van der Waals surface area contributed by atoms with Crippen LogP contribution < -0.4 is 4.74 Å². The van der Waals surface area contributed by atoms with Crippen molar-refractivity contribution < 1.29 is 19.4 Å². The summed E-state index contributed by atoms with van der Waals surface area (Å²) in [6, 6.07) is 11.4. The van der Waals surface area contributed by atoms with Crippen LogP contribution in [0.4, 0.5) is 0 Å². The number of rotatable bonds is 4. The quantitative estimate of drug-likeness (QED) is 0.755. The molecule has 6 heteroatoms. The highest BCUT2D eigenvalue weighted by atomic mass is 35.5. The molecule has 2 aromatic rings. The maximum Gasteiger partial charge on any atom is 0.328 e. The summed E-state index contributed by atoms with van der Waals surface area (Å²) in [5.74, 6) is -0.347. The van der Waals surface area contributed by atoms with Crippen LogP contribution in [0.3, 0.4) is 0 Å². The van der Waals surface area contributed by atoms with Crippen LogP contribution in [0.2, 0.25) is 5.02 Å². The minimum absolute atomic E-state index is 0.0596. The lowest BCUT2D eigenvalue weighted by Gasteiger charge is -2.45. The molecule has 0 aromatic heterocycles. The number of amides is 1. The lowest BCUT2D eigenvalue weighted by molar-refractivity contribution is -0.131. The van der Waals surface area contributed by atoms with Crippen molar-refractivity contribution in [2.45, 2.75) is 26.4 Å². The van der Waals surface area contributed by atoms with Gasteiger partial charge in [-0.3, -0.25) is 4.79 Å². The smallest absolute Gasteiger partial charge is 0.328 e. The fourth-order valence-electron chi connectivity index (χ4n) is 3.93. The van der Waals surface area contributed by atoms with Gasteiger partial charge in [-0.25, -0.2) is 4.79 Å². The minimum Gasteiger partial charge on any atom is -0.484 e. The van der Waals surface area contributed by atoms with E-state index in [2.05, 4.69) is 13.8 Å². The first-order valence-electron chi connectivity index (χ1n) is 9.52. The molecule has 2 aromatic carbocycles. The summed E-state index contributed by atoms with van der Waals surface area (Å²) in [7, 11) is 0. The van der Waals surface area contributed by atoms with E-state index in [0.29, 0.717) is 22.8 Å². The van der Waals surface area contributed by atoms with Crippen molar-refractivity contribution in [3.63, 3.8) is 0 Å². The van der Waals surface area contributed by atoms with Crippen LogP contribution >= 0.6 is 11.6 Å². The van der Waals surface area contributed by atoms with Crippen molar-refractivity contribution in [3.05, 3.63) is 64.7 Å². The molecule has 1 amide bonds. The average Bonchev–Trinajstić information content (AvgIpc) is 3.07. The van der Waals surface area contributed by atoms with Gasteiger partial charge in [0.2, 0.25) is 0 Å². The molecule has 1 atom stereocenters. The van der Waals surface area contributed by atoms with Crippen LogP contribution in [-0.2, 0) is 11.2 Å². The van der Waals surface area contributed by atoms with E-state index in [1.54, 1.807) is 0 Å². The second-order valence-corrected chi connectivity index (χ2v) is 8.81. The van der Waals surface area contributed by atoms with Gasteiger partial charge in [-0.15, -0.1) is 0 Å². The van der Waals surface area contributed by atoms with Gasteiger partial charge in [0.25, 0.3) is 5.91 Å². The molecule has 2 heterocycles. The van der Waals surface area contributed by atoms with Crippen LogP contribution in [0.25, 0.3) is 11.1 Å². The standard InChI is InChI=1S/C23H22ClNO4/c1-23(2)12-25(13-23)22(28)15-5-3-14(4-6-15)16-9-17-10-18(7-8-20(26)27)29-21(17)19(24)11-16/h3-9,11,18H,10,12-13H2,1-2H3,(H,26,27). The van der Waals surface area contributed by atoms with E-state index in [4.69, 9.17) is 21.4 Å². The maximum absolute atomic E-state index is 12.6. The van der Waals surface area contributed by atoms with Crippen LogP contribution in [0, 0.1) is 5.41 Å². The van der Waals surface area contributed by atoms with Gasteiger partial charge < -0.3 is 14.7 Å². The third-order valence-corrected chi connectivity index (χ3v) is 5.54. The van der Waals surface area contributed by atoms with E-state index in [1.165, 1.54) is 6.08 Å². The Balaban J connectivity index is 1.52. The van der Waals surface area contributed by atoms with Gasteiger partial charge in [0, 0.05) is 36.7 Å². The number of hydrogen-bond donors (Lipinski definition) is 1. The Morgan fingerprint density at radius 2 is 1.86 bits per heavy atom. The number of fused-ring (bicyclic) bond motifs is 1. The highest BCUT2D eigenvalue weighted by Gasteiger charge is 2.37. The van der Waals surface area contributed by atoms with Gasteiger partial charge >= 0.3 is 5.97 Å². The highest BCUT2D eigenvalue weighted by Crippen LogP contribution is 2.40. The molecule has 1 unspecified atom stereocenters. The largest absolute Gasteiger partial charge is 0.484 e. The fraction of sp³-hybridized carbons (Fsp3) is 0.304. The third kappa shape index (κ3) is 4.01.